The number of carbonyl (C=O) groups excluding carboxylic acids is 1. The zero-order chi connectivity index (χ0) is 12.6. The predicted octanol–water partition coefficient (Wildman–Crippen LogP) is 3.87. The van der Waals surface area contributed by atoms with Crippen molar-refractivity contribution in [2.45, 2.75) is 72.3 Å². The van der Waals surface area contributed by atoms with E-state index in [4.69, 9.17) is 9.78 Å². The summed E-state index contributed by atoms with van der Waals surface area (Å²) in [4.78, 5) is 20.9. The van der Waals surface area contributed by atoms with Gasteiger partial charge < -0.3 is 0 Å². The molecule has 0 aromatic rings. The molecule has 96 valence electrons. The van der Waals surface area contributed by atoms with Crippen LogP contribution in [0.3, 0.4) is 0 Å². The van der Waals surface area contributed by atoms with Crippen molar-refractivity contribution in [2.24, 2.45) is 5.92 Å². The molecule has 0 rings (SSSR count). The van der Waals surface area contributed by atoms with E-state index >= 15 is 0 Å². The average Bonchev–Trinajstić information content (AvgIpc) is 2.12. The van der Waals surface area contributed by atoms with Crippen LogP contribution in [0.4, 0.5) is 0 Å². The van der Waals surface area contributed by atoms with Gasteiger partial charge in [-0.1, -0.05) is 33.1 Å². The smallest absolute Gasteiger partial charge is 0.298 e. The molecule has 0 atom stereocenters. The van der Waals surface area contributed by atoms with E-state index < -0.39 is 5.60 Å². The van der Waals surface area contributed by atoms with Gasteiger partial charge in [-0.25, -0.2) is 4.79 Å². The van der Waals surface area contributed by atoms with Crippen LogP contribution < -0.4 is 0 Å². The van der Waals surface area contributed by atoms with Crippen LogP contribution in [0.15, 0.2) is 0 Å². The van der Waals surface area contributed by atoms with Crippen LogP contribution in [-0.2, 0) is 14.6 Å². The fraction of sp³-hybridized carbons (Fsp3) is 0.923. The zero-order valence-electron chi connectivity index (χ0n) is 11.3. The first kappa shape index (κ1) is 15.4. The van der Waals surface area contributed by atoms with Crippen molar-refractivity contribution in [3.63, 3.8) is 0 Å². The maximum absolute atomic E-state index is 11.2. The first-order valence-electron chi connectivity index (χ1n) is 6.20. The van der Waals surface area contributed by atoms with E-state index in [1.807, 2.05) is 20.8 Å². The highest BCUT2D eigenvalue weighted by Gasteiger charge is 2.14. The maximum Gasteiger partial charge on any atom is 0.342 e. The highest BCUT2D eigenvalue weighted by atomic mass is 17.2. The van der Waals surface area contributed by atoms with Crippen LogP contribution in [0.25, 0.3) is 0 Å². The van der Waals surface area contributed by atoms with Gasteiger partial charge in [-0.3, -0.25) is 4.89 Å². The Balaban J connectivity index is 3.38. The van der Waals surface area contributed by atoms with Crippen LogP contribution >= 0.6 is 0 Å². The molecular weight excluding hydrogens is 204 g/mol. The molecule has 0 aromatic carbocycles. The summed E-state index contributed by atoms with van der Waals surface area (Å²) in [5, 5.41) is 0. The summed E-state index contributed by atoms with van der Waals surface area (Å²) < 4.78 is 0. The molecule has 0 aliphatic carbocycles. The van der Waals surface area contributed by atoms with Crippen molar-refractivity contribution in [1.29, 1.82) is 0 Å². The lowest BCUT2D eigenvalue weighted by atomic mass is 10.0. The fourth-order valence-corrected chi connectivity index (χ4v) is 1.21. The summed E-state index contributed by atoms with van der Waals surface area (Å²) >= 11 is 0. The topological polar surface area (TPSA) is 35.5 Å². The Morgan fingerprint density at radius 2 is 1.75 bits per heavy atom. The summed E-state index contributed by atoms with van der Waals surface area (Å²) in [6.07, 6.45) is 4.84. The normalized spacial score (nSPS) is 11.9. The summed E-state index contributed by atoms with van der Waals surface area (Å²) in [6, 6.07) is 0. The molecule has 0 spiro atoms. The third-order valence-corrected chi connectivity index (χ3v) is 2.05. The van der Waals surface area contributed by atoms with E-state index in [0.717, 1.165) is 18.8 Å². The summed E-state index contributed by atoms with van der Waals surface area (Å²) in [6.45, 7) is 9.98. The highest BCUT2D eigenvalue weighted by Crippen LogP contribution is 2.11. The van der Waals surface area contributed by atoms with Crippen molar-refractivity contribution in [1.82, 2.24) is 0 Å². The van der Waals surface area contributed by atoms with Crippen molar-refractivity contribution in [3.8, 4) is 0 Å². The van der Waals surface area contributed by atoms with Crippen molar-refractivity contribution < 1.29 is 14.6 Å². The highest BCUT2D eigenvalue weighted by molar-refractivity contribution is 5.68. The molecule has 0 aromatic heterocycles. The Hall–Kier alpha value is -0.570. The maximum atomic E-state index is 11.2. The number of hydrogen-bond donors (Lipinski definition) is 0. The molecule has 0 fully saturated rings. The molecule has 0 heterocycles. The molecule has 0 amide bonds. The molecule has 0 unspecified atom stereocenters. The number of carbonyl (C=O) groups is 1. The summed E-state index contributed by atoms with van der Waals surface area (Å²) in [5.74, 6) is 0.482. The SMILES string of the molecule is CC(C)CCCCCC(=O)OOC(C)(C)C. The first-order valence-corrected chi connectivity index (χ1v) is 6.20. The Bertz CT molecular complexity index is 192. The van der Waals surface area contributed by atoms with Crippen molar-refractivity contribution in [3.05, 3.63) is 0 Å². The van der Waals surface area contributed by atoms with Crippen LogP contribution in [-0.4, -0.2) is 11.6 Å². The van der Waals surface area contributed by atoms with Gasteiger partial charge in [0.1, 0.15) is 5.60 Å². The van der Waals surface area contributed by atoms with E-state index in [1.165, 1.54) is 12.8 Å². The third kappa shape index (κ3) is 11.5. The van der Waals surface area contributed by atoms with E-state index in [-0.39, 0.29) is 5.97 Å². The average molecular weight is 230 g/mol. The van der Waals surface area contributed by atoms with Gasteiger partial charge in [-0.2, -0.15) is 4.89 Å². The van der Waals surface area contributed by atoms with Crippen LogP contribution in [0.1, 0.15) is 66.7 Å². The first-order chi connectivity index (χ1) is 7.31. The molecule has 0 bridgehead atoms. The van der Waals surface area contributed by atoms with Gasteiger partial charge in [0.05, 0.1) is 0 Å². The lowest BCUT2D eigenvalue weighted by Gasteiger charge is -2.16. The second-order valence-corrected chi connectivity index (χ2v) is 5.64. The summed E-state index contributed by atoms with van der Waals surface area (Å²) in [7, 11) is 0. The Morgan fingerprint density at radius 3 is 2.25 bits per heavy atom. The largest absolute Gasteiger partial charge is 0.342 e. The lowest BCUT2D eigenvalue weighted by molar-refractivity contribution is -0.320. The van der Waals surface area contributed by atoms with E-state index in [0.29, 0.717) is 6.42 Å². The van der Waals surface area contributed by atoms with E-state index in [2.05, 4.69) is 13.8 Å². The van der Waals surface area contributed by atoms with Crippen LogP contribution in [0.5, 0.6) is 0 Å². The van der Waals surface area contributed by atoms with Gasteiger partial charge >= 0.3 is 5.97 Å². The number of rotatable bonds is 7. The second-order valence-electron chi connectivity index (χ2n) is 5.64. The van der Waals surface area contributed by atoms with Crippen LogP contribution in [0.2, 0.25) is 0 Å². The van der Waals surface area contributed by atoms with Crippen molar-refractivity contribution in [2.75, 3.05) is 0 Å². The quantitative estimate of drug-likeness (QED) is 0.378. The molecular formula is C13H26O3. The molecule has 0 N–H and O–H groups in total. The van der Waals surface area contributed by atoms with E-state index in [1.54, 1.807) is 0 Å². The second kappa shape index (κ2) is 7.66. The number of unbranched alkanes of at least 4 members (excludes halogenated alkanes) is 2. The van der Waals surface area contributed by atoms with Gasteiger partial charge in [0.15, 0.2) is 0 Å². The Morgan fingerprint density at radius 1 is 1.12 bits per heavy atom. The van der Waals surface area contributed by atoms with Gasteiger partial charge in [-0.05, 0) is 33.1 Å². The van der Waals surface area contributed by atoms with Crippen molar-refractivity contribution >= 4 is 5.97 Å². The van der Waals surface area contributed by atoms with E-state index in [9.17, 15) is 4.79 Å². The molecule has 0 aliphatic heterocycles. The molecule has 0 saturated heterocycles. The molecule has 16 heavy (non-hydrogen) atoms. The molecule has 0 saturated carbocycles. The molecule has 3 nitrogen and oxygen atoms in total. The van der Waals surface area contributed by atoms with Crippen LogP contribution in [0, 0.1) is 5.92 Å². The standard InChI is InChI=1S/C13H26O3/c1-11(2)9-7-6-8-10-12(14)15-16-13(3,4)5/h11H,6-10H2,1-5H3. The number of hydrogen-bond acceptors (Lipinski definition) is 3. The minimum absolute atomic E-state index is 0.264. The Kier molecular flexibility index (Phi) is 7.39. The minimum Gasteiger partial charge on any atom is -0.298 e. The molecule has 0 radical (unpaired) electrons. The van der Waals surface area contributed by atoms with Gasteiger partial charge in [0, 0.05) is 6.42 Å². The minimum atomic E-state index is -0.423. The van der Waals surface area contributed by atoms with Gasteiger partial charge in [0.2, 0.25) is 0 Å². The fourth-order valence-electron chi connectivity index (χ4n) is 1.21. The zero-order valence-corrected chi connectivity index (χ0v) is 11.3. The molecule has 3 heteroatoms. The third-order valence-electron chi connectivity index (χ3n) is 2.05. The van der Waals surface area contributed by atoms with Gasteiger partial charge in [0.25, 0.3) is 0 Å². The Labute approximate surface area is 99.4 Å². The monoisotopic (exact) mass is 230 g/mol. The summed E-state index contributed by atoms with van der Waals surface area (Å²) in [5.41, 5.74) is -0.423. The van der Waals surface area contributed by atoms with Gasteiger partial charge in [-0.15, -0.1) is 0 Å². The lowest BCUT2D eigenvalue weighted by Crippen LogP contribution is -2.21. The molecule has 0 aliphatic rings. The predicted molar refractivity (Wildman–Crippen MR) is 64.9 cm³/mol.